The molecule has 0 radical (unpaired) electrons. The first kappa shape index (κ1) is 12.4. The first-order valence-corrected chi connectivity index (χ1v) is 6.19. The average molecular weight is 239 g/mol. The lowest BCUT2D eigenvalue weighted by molar-refractivity contribution is 0.132. The van der Waals surface area contributed by atoms with Crippen LogP contribution in [0.2, 0.25) is 0 Å². The normalized spacial score (nSPS) is 10.7. The number of oxime groups is 1. The summed E-state index contributed by atoms with van der Waals surface area (Å²) in [6.07, 6.45) is 2.66. The molecule has 0 amide bonds. The highest BCUT2D eigenvalue weighted by Crippen LogP contribution is 2.23. The molecule has 2 nitrogen and oxygen atoms in total. The summed E-state index contributed by atoms with van der Waals surface area (Å²) in [6, 6.07) is 18.6. The molecule has 2 aromatic carbocycles. The Morgan fingerprint density at radius 1 is 1.00 bits per heavy atom. The van der Waals surface area contributed by atoms with Gasteiger partial charge in [0.2, 0.25) is 0 Å². The fourth-order valence-corrected chi connectivity index (χ4v) is 1.78. The van der Waals surface area contributed by atoms with E-state index in [4.69, 9.17) is 4.84 Å². The van der Waals surface area contributed by atoms with E-state index in [1.54, 1.807) is 6.21 Å². The molecule has 0 bridgehead atoms. The van der Waals surface area contributed by atoms with E-state index in [1.165, 1.54) is 11.1 Å². The van der Waals surface area contributed by atoms with E-state index in [0.717, 1.165) is 12.0 Å². The SMILES string of the molecule is CCC=NOCc1ccccc1-c1ccccc1. The molecule has 18 heavy (non-hydrogen) atoms. The van der Waals surface area contributed by atoms with Gasteiger partial charge in [-0.05, 0) is 23.1 Å². The zero-order valence-corrected chi connectivity index (χ0v) is 10.5. The molecule has 0 spiro atoms. The molecule has 0 saturated carbocycles. The van der Waals surface area contributed by atoms with Gasteiger partial charge in [0, 0.05) is 6.21 Å². The second-order valence-electron chi connectivity index (χ2n) is 3.99. The lowest BCUT2D eigenvalue weighted by Crippen LogP contribution is -1.91. The summed E-state index contributed by atoms with van der Waals surface area (Å²) in [6.45, 7) is 2.53. The van der Waals surface area contributed by atoms with Gasteiger partial charge in [-0.3, -0.25) is 0 Å². The van der Waals surface area contributed by atoms with Crippen molar-refractivity contribution >= 4 is 6.21 Å². The molecule has 92 valence electrons. The van der Waals surface area contributed by atoms with Crippen molar-refractivity contribution in [1.29, 1.82) is 0 Å². The molecule has 0 heterocycles. The summed E-state index contributed by atoms with van der Waals surface area (Å²) in [4.78, 5) is 5.29. The van der Waals surface area contributed by atoms with E-state index < -0.39 is 0 Å². The van der Waals surface area contributed by atoms with Gasteiger partial charge in [-0.25, -0.2) is 0 Å². The Bertz CT molecular complexity index is 506. The summed E-state index contributed by atoms with van der Waals surface area (Å²) >= 11 is 0. The molecule has 0 aliphatic heterocycles. The lowest BCUT2D eigenvalue weighted by Gasteiger charge is -2.08. The first-order chi connectivity index (χ1) is 8.92. The Hall–Kier alpha value is -2.09. The number of hydrogen-bond donors (Lipinski definition) is 0. The van der Waals surface area contributed by atoms with E-state index in [1.807, 2.05) is 37.3 Å². The van der Waals surface area contributed by atoms with Crippen molar-refractivity contribution in [3.63, 3.8) is 0 Å². The Morgan fingerprint density at radius 3 is 2.50 bits per heavy atom. The lowest BCUT2D eigenvalue weighted by atomic mass is 10.0. The standard InChI is InChI=1S/C16H17NO/c1-2-12-17-18-13-15-10-6-7-11-16(15)14-8-4-3-5-9-14/h3-12H,2,13H2,1H3. The van der Waals surface area contributed by atoms with Crippen LogP contribution in [0.15, 0.2) is 59.8 Å². The van der Waals surface area contributed by atoms with Gasteiger partial charge in [-0.1, -0.05) is 66.7 Å². The number of hydrogen-bond acceptors (Lipinski definition) is 2. The van der Waals surface area contributed by atoms with Crippen LogP contribution in [-0.2, 0) is 11.4 Å². The van der Waals surface area contributed by atoms with Crippen LogP contribution in [0.25, 0.3) is 11.1 Å². The third-order valence-electron chi connectivity index (χ3n) is 2.65. The van der Waals surface area contributed by atoms with Crippen LogP contribution in [0.4, 0.5) is 0 Å². The number of rotatable bonds is 5. The monoisotopic (exact) mass is 239 g/mol. The highest BCUT2D eigenvalue weighted by atomic mass is 16.6. The highest BCUT2D eigenvalue weighted by Gasteiger charge is 2.03. The molecule has 0 atom stereocenters. The molecule has 2 heteroatoms. The van der Waals surface area contributed by atoms with Gasteiger partial charge in [0.15, 0.2) is 0 Å². The number of benzene rings is 2. The predicted octanol–water partition coefficient (Wildman–Crippen LogP) is 4.27. The zero-order valence-electron chi connectivity index (χ0n) is 10.5. The minimum Gasteiger partial charge on any atom is -0.391 e. The van der Waals surface area contributed by atoms with Gasteiger partial charge < -0.3 is 4.84 Å². The van der Waals surface area contributed by atoms with Crippen LogP contribution in [0, 0.1) is 0 Å². The summed E-state index contributed by atoms with van der Waals surface area (Å²) in [7, 11) is 0. The van der Waals surface area contributed by atoms with Crippen molar-refractivity contribution in [2.45, 2.75) is 20.0 Å². The van der Waals surface area contributed by atoms with E-state index in [0.29, 0.717) is 6.61 Å². The maximum atomic E-state index is 5.29. The van der Waals surface area contributed by atoms with Crippen molar-refractivity contribution < 1.29 is 4.84 Å². The largest absolute Gasteiger partial charge is 0.391 e. The third kappa shape index (κ3) is 3.20. The second kappa shape index (κ2) is 6.60. The average Bonchev–Trinajstić information content (AvgIpc) is 2.45. The maximum Gasteiger partial charge on any atom is 0.142 e. The summed E-state index contributed by atoms with van der Waals surface area (Å²) < 4.78 is 0. The smallest absolute Gasteiger partial charge is 0.142 e. The van der Waals surface area contributed by atoms with Crippen molar-refractivity contribution in [1.82, 2.24) is 0 Å². The van der Waals surface area contributed by atoms with Gasteiger partial charge in [-0.15, -0.1) is 0 Å². The quantitative estimate of drug-likeness (QED) is 0.564. The van der Waals surface area contributed by atoms with E-state index in [2.05, 4.69) is 29.4 Å². The molecule has 2 aromatic rings. The Kier molecular flexibility index (Phi) is 4.53. The van der Waals surface area contributed by atoms with Crippen LogP contribution >= 0.6 is 0 Å². The summed E-state index contributed by atoms with van der Waals surface area (Å²) in [5.41, 5.74) is 3.55. The molecule has 0 fully saturated rings. The van der Waals surface area contributed by atoms with Crippen LogP contribution in [0.3, 0.4) is 0 Å². The summed E-state index contributed by atoms with van der Waals surface area (Å²) in [5.74, 6) is 0. The molecule has 0 saturated heterocycles. The third-order valence-corrected chi connectivity index (χ3v) is 2.65. The number of nitrogens with zero attached hydrogens (tertiary/aromatic N) is 1. The van der Waals surface area contributed by atoms with Crippen molar-refractivity contribution in [3.05, 3.63) is 60.2 Å². The molecular formula is C16H17NO. The van der Waals surface area contributed by atoms with Crippen LogP contribution in [-0.4, -0.2) is 6.21 Å². The van der Waals surface area contributed by atoms with E-state index >= 15 is 0 Å². The van der Waals surface area contributed by atoms with Crippen molar-refractivity contribution in [2.24, 2.45) is 5.16 Å². The Balaban J connectivity index is 2.18. The minimum absolute atomic E-state index is 0.502. The Labute approximate surface area is 108 Å². The van der Waals surface area contributed by atoms with Gasteiger partial charge in [0.1, 0.15) is 6.61 Å². The fourth-order valence-electron chi connectivity index (χ4n) is 1.78. The topological polar surface area (TPSA) is 21.6 Å². The second-order valence-corrected chi connectivity index (χ2v) is 3.99. The zero-order chi connectivity index (χ0) is 12.6. The molecule has 0 aliphatic rings. The van der Waals surface area contributed by atoms with Gasteiger partial charge >= 0.3 is 0 Å². The Morgan fingerprint density at radius 2 is 1.72 bits per heavy atom. The van der Waals surface area contributed by atoms with Crippen LogP contribution < -0.4 is 0 Å². The molecule has 0 aliphatic carbocycles. The maximum absolute atomic E-state index is 5.29. The molecule has 2 rings (SSSR count). The molecule has 0 unspecified atom stereocenters. The van der Waals surface area contributed by atoms with Crippen LogP contribution in [0.5, 0.6) is 0 Å². The summed E-state index contributed by atoms with van der Waals surface area (Å²) in [5, 5.41) is 3.89. The van der Waals surface area contributed by atoms with Crippen molar-refractivity contribution in [2.75, 3.05) is 0 Å². The van der Waals surface area contributed by atoms with Crippen molar-refractivity contribution in [3.8, 4) is 11.1 Å². The molecule has 0 N–H and O–H groups in total. The predicted molar refractivity (Wildman–Crippen MR) is 75.5 cm³/mol. The van der Waals surface area contributed by atoms with Gasteiger partial charge in [0.05, 0.1) is 0 Å². The highest BCUT2D eigenvalue weighted by molar-refractivity contribution is 5.67. The van der Waals surface area contributed by atoms with E-state index in [-0.39, 0.29) is 0 Å². The van der Waals surface area contributed by atoms with Crippen LogP contribution in [0.1, 0.15) is 18.9 Å². The van der Waals surface area contributed by atoms with Gasteiger partial charge in [0.25, 0.3) is 0 Å². The molecule has 0 aromatic heterocycles. The fraction of sp³-hybridized carbons (Fsp3) is 0.188. The van der Waals surface area contributed by atoms with E-state index in [9.17, 15) is 0 Å². The molecular weight excluding hydrogens is 222 g/mol. The minimum atomic E-state index is 0.502. The first-order valence-electron chi connectivity index (χ1n) is 6.19. The van der Waals surface area contributed by atoms with Gasteiger partial charge in [-0.2, -0.15) is 0 Å².